The summed E-state index contributed by atoms with van der Waals surface area (Å²) < 4.78 is 73.0. The van der Waals surface area contributed by atoms with Gasteiger partial charge in [0.2, 0.25) is 5.82 Å². The van der Waals surface area contributed by atoms with Crippen molar-refractivity contribution in [1.82, 2.24) is 0 Å². The Morgan fingerprint density at radius 2 is 1.41 bits per heavy atom. The molecule has 0 bridgehead atoms. The van der Waals surface area contributed by atoms with Crippen LogP contribution in [0, 0.1) is 29.1 Å². The number of ether oxygens (including phenoxy) is 1. The first-order valence-corrected chi connectivity index (χ1v) is 7.67. The van der Waals surface area contributed by atoms with E-state index < -0.39 is 65.3 Å². The minimum absolute atomic E-state index is 0.321. The molecule has 2 aromatic carbocycles. The molecule has 0 saturated heterocycles. The highest BCUT2D eigenvalue weighted by Gasteiger charge is 2.35. The van der Waals surface area contributed by atoms with Crippen LogP contribution in [-0.4, -0.2) is 17.0 Å². The van der Waals surface area contributed by atoms with E-state index in [1.54, 1.807) is 30.3 Å². The molecule has 1 N–H and O–H groups in total. The Hall–Kier alpha value is -2.97. The van der Waals surface area contributed by atoms with Crippen LogP contribution in [0.1, 0.15) is 29.9 Å². The molecule has 0 radical (unpaired) electrons. The number of hydrogen-bond donors (Lipinski definition) is 1. The minimum Gasteiger partial charge on any atom is -0.481 e. The van der Waals surface area contributed by atoms with Gasteiger partial charge in [-0.1, -0.05) is 30.3 Å². The molecule has 4 nitrogen and oxygen atoms in total. The average molecular weight is 388 g/mol. The van der Waals surface area contributed by atoms with Gasteiger partial charge in [-0.25, -0.2) is 22.0 Å². The molecule has 0 fully saturated rings. The Morgan fingerprint density at radius 3 is 1.93 bits per heavy atom. The molecule has 0 aliphatic carbocycles. The zero-order valence-electron chi connectivity index (χ0n) is 13.6. The number of esters is 1. The number of carbonyl (C=O) groups excluding carboxylic acids is 1. The van der Waals surface area contributed by atoms with Gasteiger partial charge in [-0.3, -0.25) is 9.59 Å². The first-order chi connectivity index (χ1) is 12.7. The fourth-order valence-electron chi connectivity index (χ4n) is 2.40. The summed E-state index contributed by atoms with van der Waals surface area (Å²) in [4.78, 5) is 23.0. The van der Waals surface area contributed by atoms with Gasteiger partial charge in [0.25, 0.3) is 0 Å². The van der Waals surface area contributed by atoms with Crippen LogP contribution in [0.3, 0.4) is 0 Å². The van der Waals surface area contributed by atoms with Crippen LogP contribution in [0.5, 0.6) is 0 Å². The van der Waals surface area contributed by atoms with E-state index in [0.29, 0.717) is 5.56 Å². The molecule has 9 heteroatoms. The lowest BCUT2D eigenvalue weighted by molar-refractivity contribution is -0.147. The van der Waals surface area contributed by atoms with Crippen LogP contribution >= 0.6 is 0 Å². The van der Waals surface area contributed by atoms with Crippen molar-refractivity contribution in [2.75, 3.05) is 0 Å². The van der Waals surface area contributed by atoms with Crippen LogP contribution in [-0.2, 0) is 20.9 Å². The first kappa shape index (κ1) is 20.3. The minimum atomic E-state index is -2.37. The zero-order valence-corrected chi connectivity index (χ0v) is 13.6. The van der Waals surface area contributed by atoms with Crippen LogP contribution in [0.25, 0.3) is 0 Å². The molecule has 0 aliphatic rings. The molecular formula is C18H13F5O4. The normalized spacial score (nSPS) is 11.9. The quantitative estimate of drug-likeness (QED) is 0.336. The second kappa shape index (κ2) is 8.61. The third-order valence-corrected chi connectivity index (χ3v) is 3.75. The molecule has 2 rings (SSSR count). The third-order valence-electron chi connectivity index (χ3n) is 3.75. The van der Waals surface area contributed by atoms with E-state index in [4.69, 9.17) is 9.84 Å². The molecule has 0 heterocycles. The molecule has 0 amide bonds. The number of hydrogen-bond acceptors (Lipinski definition) is 3. The molecule has 0 spiro atoms. The highest BCUT2D eigenvalue weighted by atomic mass is 19.2. The van der Waals surface area contributed by atoms with Gasteiger partial charge in [0.15, 0.2) is 23.3 Å². The third kappa shape index (κ3) is 4.60. The lowest BCUT2D eigenvalue weighted by Crippen LogP contribution is -2.22. The topological polar surface area (TPSA) is 63.6 Å². The van der Waals surface area contributed by atoms with E-state index in [1.807, 2.05) is 0 Å². The van der Waals surface area contributed by atoms with E-state index in [2.05, 4.69) is 0 Å². The second-order valence-electron chi connectivity index (χ2n) is 5.56. The highest BCUT2D eigenvalue weighted by Crippen LogP contribution is 2.32. The highest BCUT2D eigenvalue weighted by molar-refractivity contribution is 5.79. The summed E-state index contributed by atoms with van der Waals surface area (Å²) in [6.45, 7) is -0.321. The Morgan fingerprint density at radius 1 is 0.889 bits per heavy atom. The summed E-state index contributed by atoms with van der Waals surface area (Å²) in [7, 11) is 0. The summed E-state index contributed by atoms with van der Waals surface area (Å²) >= 11 is 0. The SMILES string of the molecule is O=C(O)CCC(C(=O)OCc1ccccc1)c1c(F)c(F)c(F)c(F)c1F. The molecule has 0 aromatic heterocycles. The van der Waals surface area contributed by atoms with Crippen molar-refractivity contribution in [2.45, 2.75) is 25.4 Å². The van der Waals surface area contributed by atoms with Crippen molar-refractivity contribution in [3.05, 3.63) is 70.5 Å². The van der Waals surface area contributed by atoms with Gasteiger partial charge in [0, 0.05) is 12.0 Å². The Labute approximate surface area is 150 Å². The van der Waals surface area contributed by atoms with E-state index in [1.165, 1.54) is 0 Å². The van der Waals surface area contributed by atoms with Crippen LogP contribution < -0.4 is 0 Å². The van der Waals surface area contributed by atoms with Gasteiger partial charge in [-0.05, 0) is 12.0 Å². The smallest absolute Gasteiger partial charge is 0.313 e. The maximum Gasteiger partial charge on any atom is 0.313 e. The van der Waals surface area contributed by atoms with Crippen molar-refractivity contribution in [3.8, 4) is 0 Å². The van der Waals surface area contributed by atoms with Crippen molar-refractivity contribution in [3.63, 3.8) is 0 Å². The van der Waals surface area contributed by atoms with Gasteiger partial charge in [0.1, 0.15) is 6.61 Å². The monoisotopic (exact) mass is 388 g/mol. The van der Waals surface area contributed by atoms with Gasteiger partial charge < -0.3 is 9.84 Å². The molecule has 2 aromatic rings. The lowest BCUT2D eigenvalue weighted by atomic mass is 9.92. The summed E-state index contributed by atoms with van der Waals surface area (Å²) in [5.41, 5.74) is -0.897. The maximum atomic E-state index is 14.0. The number of benzene rings is 2. The molecule has 27 heavy (non-hydrogen) atoms. The lowest BCUT2D eigenvalue weighted by Gasteiger charge is -2.18. The number of carboxylic acid groups (broad SMARTS) is 1. The van der Waals surface area contributed by atoms with E-state index in [-0.39, 0.29) is 6.61 Å². The Balaban J connectivity index is 2.37. The summed E-state index contributed by atoms with van der Waals surface area (Å²) in [6.07, 6.45) is -1.45. The number of carbonyl (C=O) groups is 2. The van der Waals surface area contributed by atoms with Gasteiger partial charge in [-0.15, -0.1) is 0 Å². The summed E-state index contributed by atoms with van der Waals surface area (Å²) in [6, 6.07) is 8.12. The van der Waals surface area contributed by atoms with Crippen molar-refractivity contribution < 1.29 is 41.4 Å². The summed E-state index contributed by atoms with van der Waals surface area (Å²) in [5, 5.41) is 8.74. The molecular weight excluding hydrogens is 375 g/mol. The van der Waals surface area contributed by atoms with E-state index >= 15 is 0 Å². The van der Waals surface area contributed by atoms with Crippen LogP contribution in [0.2, 0.25) is 0 Å². The fourth-order valence-corrected chi connectivity index (χ4v) is 2.40. The molecule has 0 saturated carbocycles. The number of carboxylic acids is 1. The van der Waals surface area contributed by atoms with Crippen LogP contribution in [0.15, 0.2) is 30.3 Å². The number of aliphatic carboxylic acids is 1. The Kier molecular flexibility index (Phi) is 6.49. The molecule has 144 valence electrons. The van der Waals surface area contributed by atoms with Crippen molar-refractivity contribution >= 4 is 11.9 Å². The average Bonchev–Trinajstić information content (AvgIpc) is 2.66. The van der Waals surface area contributed by atoms with E-state index in [0.717, 1.165) is 0 Å². The van der Waals surface area contributed by atoms with Gasteiger partial charge in [0.05, 0.1) is 5.92 Å². The predicted octanol–water partition coefficient (Wildman–Crippen LogP) is 4.07. The maximum absolute atomic E-state index is 14.0. The van der Waals surface area contributed by atoms with E-state index in [9.17, 15) is 31.5 Å². The van der Waals surface area contributed by atoms with Crippen LogP contribution in [0.4, 0.5) is 22.0 Å². The second-order valence-corrected chi connectivity index (χ2v) is 5.56. The van der Waals surface area contributed by atoms with Crippen molar-refractivity contribution in [2.24, 2.45) is 0 Å². The Bertz CT molecular complexity index is 826. The fraction of sp³-hybridized carbons (Fsp3) is 0.222. The number of rotatable bonds is 7. The number of halogens is 5. The molecule has 1 atom stereocenters. The summed E-state index contributed by atoms with van der Waals surface area (Å²) in [5.74, 6) is -15.9. The largest absolute Gasteiger partial charge is 0.481 e. The van der Waals surface area contributed by atoms with Gasteiger partial charge >= 0.3 is 11.9 Å². The first-order valence-electron chi connectivity index (χ1n) is 7.67. The molecule has 0 aliphatic heterocycles. The molecule has 1 unspecified atom stereocenters. The predicted molar refractivity (Wildman–Crippen MR) is 82.1 cm³/mol. The van der Waals surface area contributed by atoms with Gasteiger partial charge in [-0.2, -0.15) is 0 Å². The zero-order chi connectivity index (χ0) is 20.1. The van der Waals surface area contributed by atoms with Crippen molar-refractivity contribution in [1.29, 1.82) is 0 Å². The standard InChI is InChI=1S/C18H13F5O4/c19-13-12(14(20)16(22)17(23)15(13)21)10(6-7-11(24)25)18(26)27-8-9-4-2-1-3-5-9/h1-5,10H,6-8H2,(H,24,25).